The van der Waals surface area contributed by atoms with Crippen LogP contribution in [0.15, 0.2) is 60.8 Å². The van der Waals surface area contributed by atoms with Gasteiger partial charge in [0, 0.05) is 29.5 Å². The van der Waals surface area contributed by atoms with Crippen molar-refractivity contribution in [2.75, 3.05) is 0 Å². The fraction of sp³-hybridized carbons (Fsp3) is 0.310. The second-order valence-corrected chi connectivity index (χ2v) is 10.1. The predicted molar refractivity (Wildman–Crippen MR) is 131 cm³/mol. The smallest absolute Gasteiger partial charge is 0.213 e. The Labute approximate surface area is 186 Å². The number of hydrogen-bond donors (Lipinski definition) is 0. The molecule has 0 saturated carbocycles. The Morgan fingerprint density at radius 2 is 1.61 bits per heavy atom. The van der Waals surface area contributed by atoms with Crippen LogP contribution in [-0.2, 0) is 13.5 Å². The molecule has 31 heavy (non-hydrogen) atoms. The van der Waals surface area contributed by atoms with E-state index in [0.29, 0.717) is 0 Å². The van der Waals surface area contributed by atoms with Gasteiger partial charge in [-0.3, -0.25) is 4.98 Å². The van der Waals surface area contributed by atoms with Crippen molar-refractivity contribution in [1.29, 1.82) is 0 Å². The number of para-hydroxylation sites is 1. The Morgan fingerprint density at radius 3 is 2.29 bits per heavy atom. The molecule has 0 unspecified atom stereocenters. The van der Waals surface area contributed by atoms with Gasteiger partial charge in [0.25, 0.3) is 0 Å². The van der Waals surface area contributed by atoms with Gasteiger partial charge >= 0.3 is 0 Å². The van der Waals surface area contributed by atoms with Gasteiger partial charge in [-0.05, 0) is 67.5 Å². The maximum atomic E-state index is 4.90. The number of benzene rings is 2. The Balaban J connectivity index is 1.94. The van der Waals surface area contributed by atoms with Crippen molar-refractivity contribution in [3.8, 4) is 22.5 Å². The Bertz CT molecular complexity index is 1260. The second kappa shape index (κ2) is 7.92. The lowest BCUT2D eigenvalue weighted by atomic mass is 9.88. The van der Waals surface area contributed by atoms with Crippen molar-refractivity contribution < 1.29 is 4.57 Å². The molecule has 0 N–H and O–H groups in total. The minimum atomic E-state index is 0.254. The molecule has 0 atom stereocenters. The van der Waals surface area contributed by atoms with Crippen molar-refractivity contribution in [3.05, 3.63) is 83.0 Å². The van der Waals surface area contributed by atoms with Crippen LogP contribution in [0.25, 0.3) is 33.4 Å². The molecule has 0 saturated heterocycles. The topological polar surface area (TPSA) is 16.8 Å². The minimum absolute atomic E-state index is 0.254. The summed E-state index contributed by atoms with van der Waals surface area (Å²) >= 11 is 0. The molecule has 158 valence electrons. The molecule has 2 heterocycles. The van der Waals surface area contributed by atoms with Gasteiger partial charge in [0.1, 0.15) is 7.05 Å². The first-order chi connectivity index (χ1) is 14.6. The Morgan fingerprint density at radius 1 is 0.871 bits per heavy atom. The van der Waals surface area contributed by atoms with Gasteiger partial charge in [-0.25, -0.2) is 0 Å². The summed E-state index contributed by atoms with van der Waals surface area (Å²) in [5.74, 6) is 0. The third-order valence-electron chi connectivity index (χ3n) is 6.12. The molecule has 0 radical (unpaired) electrons. The summed E-state index contributed by atoms with van der Waals surface area (Å²) in [6.45, 7) is 13.4. The van der Waals surface area contributed by atoms with E-state index in [0.717, 1.165) is 12.1 Å². The Hall–Kier alpha value is -3.00. The summed E-state index contributed by atoms with van der Waals surface area (Å²) in [6.07, 6.45) is 3.07. The molecule has 0 amide bonds. The van der Waals surface area contributed by atoms with Crippen molar-refractivity contribution in [3.63, 3.8) is 0 Å². The van der Waals surface area contributed by atoms with E-state index in [4.69, 9.17) is 4.98 Å². The first-order valence-corrected chi connectivity index (χ1v) is 11.1. The van der Waals surface area contributed by atoms with E-state index in [1.807, 2.05) is 6.20 Å². The van der Waals surface area contributed by atoms with E-state index >= 15 is 0 Å². The van der Waals surface area contributed by atoms with Crippen LogP contribution in [0.2, 0.25) is 0 Å². The highest BCUT2D eigenvalue weighted by Gasteiger charge is 2.21. The molecule has 0 aliphatic heterocycles. The van der Waals surface area contributed by atoms with Crippen molar-refractivity contribution in [2.24, 2.45) is 12.5 Å². The summed E-state index contributed by atoms with van der Waals surface area (Å²) in [5, 5.41) is 1.23. The van der Waals surface area contributed by atoms with Crippen LogP contribution < -0.4 is 4.57 Å². The van der Waals surface area contributed by atoms with E-state index in [-0.39, 0.29) is 5.41 Å². The van der Waals surface area contributed by atoms with Gasteiger partial charge in [0.15, 0.2) is 0 Å². The largest absolute Gasteiger partial charge is 0.256 e. The molecule has 0 spiro atoms. The summed E-state index contributed by atoms with van der Waals surface area (Å²) in [4.78, 5) is 4.90. The summed E-state index contributed by atoms with van der Waals surface area (Å²) < 4.78 is 2.31. The van der Waals surface area contributed by atoms with E-state index < -0.39 is 0 Å². The van der Waals surface area contributed by atoms with Gasteiger partial charge in [-0.15, -0.1) is 0 Å². The van der Waals surface area contributed by atoms with Gasteiger partial charge in [-0.1, -0.05) is 50.6 Å². The monoisotopic (exact) mass is 409 g/mol. The van der Waals surface area contributed by atoms with Crippen molar-refractivity contribution in [1.82, 2.24) is 4.98 Å². The molecule has 2 aromatic heterocycles. The summed E-state index contributed by atoms with van der Waals surface area (Å²) in [5.41, 5.74) is 11.4. The van der Waals surface area contributed by atoms with Gasteiger partial charge in [0.2, 0.25) is 11.2 Å². The SMILES string of the molecule is Cc1cc(C)c(C)c(-c2cc(-c3ccc(CC(C)(C)C)cn3)c3ccccc3[n+]2C)c1. The molecule has 2 aromatic carbocycles. The number of aromatic nitrogens is 2. The zero-order valence-corrected chi connectivity index (χ0v) is 19.9. The lowest BCUT2D eigenvalue weighted by Gasteiger charge is -2.18. The molecular formula is C29H33N2+. The lowest BCUT2D eigenvalue weighted by Crippen LogP contribution is -2.32. The molecule has 2 heteroatoms. The molecule has 4 aromatic rings. The number of pyridine rings is 2. The molecule has 0 fully saturated rings. The highest BCUT2D eigenvalue weighted by molar-refractivity contribution is 5.93. The van der Waals surface area contributed by atoms with Crippen LogP contribution >= 0.6 is 0 Å². The van der Waals surface area contributed by atoms with Crippen LogP contribution in [0, 0.1) is 26.2 Å². The van der Waals surface area contributed by atoms with Crippen molar-refractivity contribution >= 4 is 10.9 Å². The predicted octanol–water partition coefficient (Wildman–Crippen LogP) is 6.91. The maximum Gasteiger partial charge on any atom is 0.213 e. The lowest BCUT2D eigenvalue weighted by molar-refractivity contribution is -0.633. The fourth-order valence-corrected chi connectivity index (χ4v) is 4.51. The standard InChI is InChI=1S/C29H33N2/c1-19-14-20(2)21(3)24(15-19)28-16-25(23-10-8-9-11-27(23)31(28)7)26-13-12-22(18-30-26)17-29(4,5)6/h8-16,18H,17H2,1-7H3/q+1. The third-order valence-corrected chi connectivity index (χ3v) is 6.12. The number of rotatable bonds is 3. The Kier molecular flexibility index (Phi) is 5.43. The van der Waals surface area contributed by atoms with E-state index in [2.05, 4.69) is 108 Å². The molecule has 2 nitrogen and oxygen atoms in total. The molecule has 0 aliphatic rings. The highest BCUT2D eigenvalue weighted by Crippen LogP contribution is 2.33. The summed E-state index contributed by atoms with van der Waals surface area (Å²) in [6, 6.07) is 19.9. The van der Waals surface area contributed by atoms with E-state index in [1.165, 1.54) is 50.0 Å². The summed E-state index contributed by atoms with van der Waals surface area (Å²) in [7, 11) is 2.17. The van der Waals surface area contributed by atoms with E-state index in [9.17, 15) is 0 Å². The van der Waals surface area contributed by atoms with E-state index in [1.54, 1.807) is 0 Å². The molecule has 0 aliphatic carbocycles. The quantitative estimate of drug-likeness (QED) is 0.336. The van der Waals surface area contributed by atoms with Crippen molar-refractivity contribution in [2.45, 2.75) is 48.0 Å². The normalized spacial score (nSPS) is 11.8. The van der Waals surface area contributed by atoms with Gasteiger partial charge < -0.3 is 0 Å². The number of aryl methyl sites for hydroxylation is 3. The number of nitrogens with zero attached hydrogens (tertiary/aromatic N) is 2. The molecule has 4 rings (SSSR count). The van der Waals surface area contributed by atoms with Gasteiger partial charge in [0.05, 0.1) is 11.1 Å². The number of fused-ring (bicyclic) bond motifs is 1. The van der Waals surface area contributed by atoms with Gasteiger partial charge in [-0.2, -0.15) is 4.57 Å². The average Bonchev–Trinajstić information content (AvgIpc) is 2.71. The zero-order chi connectivity index (χ0) is 22.3. The first kappa shape index (κ1) is 21.2. The first-order valence-electron chi connectivity index (χ1n) is 11.1. The maximum absolute atomic E-state index is 4.90. The number of hydrogen-bond acceptors (Lipinski definition) is 1. The van der Waals surface area contributed by atoms with Crippen LogP contribution in [0.3, 0.4) is 0 Å². The minimum Gasteiger partial charge on any atom is -0.256 e. The van der Waals surface area contributed by atoms with Crippen LogP contribution in [-0.4, -0.2) is 4.98 Å². The third kappa shape index (κ3) is 4.25. The van der Waals surface area contributed by atoms with Crippen LogP contribution in [0.4, 0.5) is 0 Å². The molecule has 0 bridgehead atoms. The second-order valence-electron chi connectivity index (χ2n) is 10.1. The molecular weight excluding hydrogens is 376 g/mol. The van der Waals surface area contributed by atoms with Crippen LogP contribution in [0.5, 0.6) is 0 Å². The fourth-order valence-electron chi connectivity index (χ4n) is 4.51. The zero-order valence-electron chi connectivity index (χ0n) is 19.9. The highest BCUT2D eigenvalue weighted by atomic mass is 14.9. The average molecular weight is 410 g/mol. The van der Waals surface area contributed by atoms with Crippen LogP contribution in [0.1, 0.15) is 43.0 Å².